The lowest BCUT2D eigenvalue weighted by Crippen LogP contribution is -2.36. The van der Waals surface area contributed by atoms with Crippen LogP contribution >= 0.6 is 11.6 Å². The summed E-state index contributed by atoms with van der Waals surface area (Å²) in [4.78, 5) is 31.9. The zero-order valence-electron chi connectivity index (χ0n) is 20.2. The molecular weight excluding hydrogens is 452 g/mol. The number of anilines is 1. The first kappa shape index (κ1) is 24.3. The van der Waals surface area contributed by atoms with E-state index in [-0.39, 0.29) is 24.1 Å². The molecule has 1 amide bonds. The van der Waals surface area contributed by atoms with Gasteiger partial charge in [-0.05, 0) is 83.3 Å². The van der Waals surface area contributed by atoms with Crippen LogP contribution in [-0.4, -0.2) is 51.6 Å². The van der Waals surface area contributed by atoms with Gasteiger partial charge in [-0.15, -0.1) is 0 Å². The van der Waals surface area contributed by atoms with Gasteiger partial charge in [0.05, 0.1) is 12.1 Å². The first-order chi connectivity index (χ1) is 16.2. The minimum Gasteiger partial charge on any atom is -0.382 e. The van der Waals surface area contributed by atoms with Crippen molar-refractivity contribution in [2.24, 2.45) is 5.92 Å². The minimum atomic E-state index is -0.281. The van der Waals surface area contributed by atoms with Crippen LogP contribution in [0, 0.1) is 12.8 Å². The topological polar surface area (TPSA) is 94.5 Å². The van der Waals surface area contributed by atoms with Crippen molar-refractivity contribution in [3.63, 3.8) is 0 Å². The van der Waals surface area contributed by atoms with E-state index in [0.717, 1.165) is 11.3 Å². The molecule has 0 saturated heterocycles. The highest BCUT2D eigenvalue weighted by molar-refractivity contribution is 6.31. The number of nitrogens with zero attached hydrogens (tertiary/aromatic N) is 3. The number of rotatable bonds is 7. The zero-order chi connectivity index (χ0) is 24.4. The number of nitrogens with one attached hydrogen (secondary N) is 3. The van der Waals surface area contributed by atoms with Gasteiger partial charge in [0.1, 0.15) is 0 Å². The lowest BCUT2D eigenvalue weighted by Gasteiger charge is -2.36. The van der Waals surface area contributed by atoms with Gasteiger partial charge in [0.25, 0.3) is 11.5 Å². The molecule has 0 bridgehead atoms. The first-order valence-corrected chi connectivity index (χ1v) is 12.2. The fourth-order valence-corrected chi connectivity index (χ4v) is 5.15. The minimum absolute atomic E-state index is 0.0713. The molecule has 0 radical (unpaired) electrons. The van der Waals surface area contributed by atoms with Crippen LogP contribution in [0.15, 0.2) is 35.4 Å². The molecule has 2 heterocycles. The van der Waals surface area contributed by atoms with Gasteiger partial charge in [-0.2, -0.15) is 0 Å². The third kappa shape index (κ3) is 5.13. The number of hydrogen-bond acceptors (Lipinski definition) is 5. The molecule has 1 aliphatic carbocycles. The summed E-state index contributed by atoms with van der Waals surface area (Å²) in [5, 5.41) is 9.67. The van der Waals surface area contributed by atoms with Crippen molar-refractivity contribution in [2.75, 3.05) is 19.4 Å². The van der Waals surface area contributed by atoms with E-state index in [1.54, 1.807) is 29.0 Å². The van der Waals surface area contributed by atoms with E-state index < -0.39 is 0 Å². The number of amides is 1. The number of carbonyl (C=O) groups excluding carboxylic acids is 1. The molecule has 1 fully saturated rings. The zero-order valence-corrected chi connectivity index (χ0v) is 20.9. The highest BCUT2D eigenvalue weighted by Crippen LogP contribution is 2.32. The van der Waals surface area contributed by atoms with Crippen molar-refractivity contribution in [1.82, 2.24) is 24.8 Å². The lowest BCUT2D eigenvalue weighted by molar-refractivity contribution is 0.0950. The largest absolute Gasteiger partial charge is 0.382 e. The standard InChI is InChI=1S/C25H33ClN6O2/c1-15-20(24(33)28-14-21-23-27-10-5-11-32(23)30-25(21)34)12-18(26)13-22(15)29-16(2)17-6-8-19(9-7-17)31(3)4/h5,10-13,16-17,19,29H,6-9,14H2,1-4H3,(H,28,33)(H,30,34). The van der Waals surface area contributed by atoms with E-state index in [1.807, 2.05) is 13.0 Å². The maximum Gasteiger partial charge on any atom is 0.271 e. The van der Waals surface area contributed by atoms with Gasteiger partial charge >= 0.3 is 0 Å². The Morgan fingerprint density at radius 1 is 1.29 bits per heavy atom. The number of aromatic nitrogens is 3. The SMILES string of the molecule is Cc1c(NC(C)C2CCC(N(C)C)CC2)cc(Cl)cc1C(=O)NCc1c(=O)[nH]n2cccnc12. The Kier molecular flexibility index (Phi) is 7.28. The number of benzene rings is 1. The third-order valence-corrected chi connectivity index (χ3v) is 7.34. The summed E-state index contributed by atoms with van der Waals surface area (Å²) in [6.07, 6.45) is 8.09. The Bertz CT molecular complexity index is 1230. The van der Waals surface area contributed by atoms with E-state index in [0.29, 0.717) is 33.8 Å². The van der Waals surface area contributed by atoms with Crippen molar-refractivity contribution < 1.29 is 4.79 Å². The van der Waals surface area contributed by atoms with Crippen LogP contribution in [0.1, 0.15) is 54.1 Å². The fraction of sp³-hybridized carbons (Fsp3) is 0.480. The van der Waals surface area contributed by atoms with E-state index in [4.69, 9.17) is 11.6 Å². The summed E-state index contributed by atoms with van der Waals surface area (Å²) in [6, 6.07) is 6.21. The van der Waals surface area contributed by atoms with Crippen molar-refractivity contribution in [2.45, 2.75) is 58.2 Å². The average molecular weight is 485 g/mol. The molecule has 182 valence electrons. The van der Waals surface area contributed by atoms with Crippen LogP contribution in [0.3, 0.4) is 0 Å². The second-order valence-corrected chi connectivity index (χ2v) is 9.94. The molecule has 1 atom stereocenters. The molecule has 0 aliphatic heterocycles. The van der Waals surface area contributed by atoms with Crippen LogP contribution in [-0.2, 0) is 6.54 Å². The van der Waals surface area contributed by atoms with Gasteiger partial charge in [0.2, 0.25) is 0 Å². The van der Waals surface area contributed by atoms with E-state index in [2.05, 4.69) is 46.6 Å². The average Bonchev–Trinajstić information content (AvgIpc) is 3.14. The van der Waals surface area contributed by atoms with Crippen LogP contribution in [0.2, 0.25) is 5.02 Å². The van der Waals surface area contributed by atoms with E-state index >= 15 is 0 Å². The molecule has 2 aromatic heterocycles. The molecule has 4 rings (SSSR count). The second-order valence-electron chi connectivity index (χ2n) is 9.51. The summed E-state index contributed by atoms with van der Waals surface area (Å²) < 4.78 is 1.55. The molecule has 9 heteroatoms. The van der Waals surface area contributed by atoms with Gasteiger partial charge in [0, 0.05) is 40.8 Å². The fourth-order valence-electron chi connectivity index (χ4n) is 4.93. The maximum atomic E-state index is 13.1. The second kappa shape index (κ2) is 10.2. The van der Waals surface area contributed by atoms with Crippen molar-refractivity contribution >= 4 is 28.8 Å². The summed E-state index contributed by atoms with van der Waals surface area (Å²) >= 11 is 6.40. The highest BCUT2D eigenvalue weighted by Gasteiger charge is 2.27. The van der Waals surface area contributed by atoms with Crippen molar-refractivity contribution in [3.8, 4) is 0 Å². The van der Waals surface area contributed by atoms with Crippen LogP contribution < -0.4 is 16.2 Å². The first-order valence-electron chi connectivity index (χ1n) is 11.8. The molecule has 0 spiro atoms. The predicted molar refractivity (Wildman–Crippen MR) is 136 cm³/mol. The normalized spacial score (nSPS) is 19.4. The lowest BCUT2D eigenvalue weighted by atomic mass is 9.81. The Hall–Kier alpha value is -2.84. The van der Waals surface area contributed by atoms with Gasteiger partial charge in [-0.3, -0.25) is 14.7 Å². The summed E-state index contributed by atoms with van der Waals surface area (Å²) in [5.74, 6) is 0.297. The molecule has 34 heavy (non-hydrogen) atoms. The van der Waals surface area contributed by atoms with Gasteiger partial charge in [0.15, 0.2) is 5.65 Å². The molecule has 1 saturated carbocycles. The molecular formula is C25H33ClN6O2. The van der Waals surface area contributed by atoms with Gasteiger partial charge in [-0.1, -0.05) is 11.6 Å². The molecule has 8 nitrogen and oxygen atoms in total. The molecule has 1 aromatic carbocycles. The summed E-state index contributed by atoms with van der Waals surface area (Å²) in [7, 11) is 4.31. The van der Waals surface area contributed by atoms with E-state index in [9.17, 15) is 9.59 Å². The Labute approximate surface area is 204 Å². The number of aromatic amines is 1. The maximum absolute atomic E-state index is 13.1. The quantitative estimate of drug-likeness (QED) is 0.473. The Morgan fingerprint density at radius 2 is 2.03 bits per heavy atom. The Morgan fingerprint density at radius 3 is 2.74 bits per heavy atom. The molecule has 1 aliphatic rings. The molecule has 3 N–H and O–H groups in total. The number of halogens is 1. The highest BCUT2D eigenvalue weighted by atomic mass is 35.5. The number of hydrogen-bond donors (Lipinski definition) is 3. The monoisotopic (exact) mass is 484 g/mol. The predicted octanol–water partition coefficient (Wildman–Crippen LogP) is 3.84. The van der Waals surface area contributed by atoms with Gasteiger partial charge in [-0.25, -0.2) is 9.50 Å². The smallest absolute Gasteiger partial charge is 0.271 e. The van der Waals surface area contributed by atoms with Gasteiger partial charge < -0.3 is 15.5 Å². The molecule has 1 unspecified atom stereocenters. The van der Waals surface area contributed by atoms with E-state index in [1.165, 1.54) is 25.7 Å². The van der Waals surface area contributed by atoms with Crippen LogP contribution in [0.25, 0.3) is 5.65 Å². The van der Waals surface area contributed by atoms with Crippen molar-refractivity contribution in [1.29, 1.82) is 0 Å². The number of fused-ring (bicyclic) bond motifs is 1. The number of H-pyrrole nitrogens is 1. The molecule has 3 aromatic rings. The Balaban J connectivity index is 1.46. The third-order valence-electron chi connectivity index (χ3n) is 7.12. The van der Waals surface area contributed by atoms with Crippen molar-refractivity contribution in [3.05, 3.63) is 62.7 Å². The summed E-state index contributed by atoms with van der Waals surface area (Å²) in [6.45, 7) is 4.20. The number of carbonyl (C=O) groups is 1. The summed E-state index contributed by atoms with van der Waals surface area (Å²) in [5.41, 5.74) is 2.83. The van der Waals surface area contributed by atoms with Crippen LogP contribution in [0.4, 0.5) is 5.69 Å². The van der Waals surface area contributed by atoms with Crippen LogP contribution in [0.5, 0.6) is 0 Å².